The van der Waals surface area contributed by atoms with Gasteiger partial charge in [0.2, 0.25) is 0 Å². The van der Waals surface area contributed by atoms with E-state index in [1.165, 1.54) is 0 Å². The highest BCUT2D eigenvalue weighted by Gasteiger charge is 2.09. The third-order valence-corrected chi connectivity index (χ3v) is 3.01. The largest absolute Gasteiger partial charge is 0.324 e. The first kappa shape index (κ1) is 11.7. The van der Waals surface area contributed by atoms with Gasteiger partial charge >= 0.3 is 5.00 Å². The number of aromatic nitrogens is 3. The molecule has 0 atom stereocenters. The second-order valence-electron chi connectivity index (χ2n) is 3.49. The van der Waals surface area contributed by atoms with Crippen LogP contribution < -0.4 is 5.32 Å². The number of hydrogen-bond acceptors (Lipinski definition) is 6. The maximum Gasteiger partial charge on any atom is 0.324 e. The lowest BCUT2D eigenvalue weighted by Crippen LogP contribution is -2.13. The summed E-state index contributed by atoms with van der Waals surface area (Å²) in [6.07, 6.45) is 1.63. The monoisotopic (exact) mass is 253 g/mol. The number of hydrogen-bond donors (Lipinski definition) is 1. The van der Waals surface area contributed by atoms with E-state index in [1.54, 1.807) is 29.5 Å². The van der Waals surface area contributed by atoms with Gasteiger partial charge in [-0.15, -0.1) is 0 Å². The fourth-order valence-corrected chi connectivity index (χ4v) is 2.06. The van der Waals surface area contributed by atoms with Crippen LogP contribution in [0.5, 0.6) is 0 Å². The van der Waals surface area contributed by atoms with Crippen molar-refractivity contribution in [3.05, 3.63) is 39.3 Å². The Labute approximate surface area is 101 Å². The molecule has 0 aliphatic carbocycles. The highest BCUT2D eigenvalue weighted by atomic mass is 32.1. The predicted molar refractivity (Wildman–Crippen MR) is 62.5 cm³/mol. The van der Waals surface area contributed by atoms with Gasteiger partial charge < -0.3 is 5.32 Å². The van der Waals surface area contributed by atoms with Crippen molar-refractivity contribution in [1.29, 1.82) is 0 Å². The zero-order valence-corrected chi connectivity index (χ0v) is 9.98. The van der Waals surface area contributed by atoms with E-state index < -0.39 is 0 Å². The molecule has 0 saturated carbocycles. The van der Waals surface area contributed by atoms with Gasteiger partial charge in [-0.2, -0.15) is 5.10 Å². The van der Waals surface area contributed by atoms with Crippen molar-refractivity contribution in [3.8, 4) is 0 Å². The van der Waals surface area contributed by atoms with Gasteiger partial charge in [0.15, 0.2) is 5.82 Å². The van der Waals surface area contributed by atoms with Crippen molar-refractivity contribution in [2.75, 3.05) is 0 Å². The second-order valence-corrected chi connectivity index (χ2v) is 4.38. The van der Waals surface area contributed by atoms with Gasteiger partial charge in [-0.05, 0) is 5.56 Å². The topological polar surface area (TPSA) is 85.9 Å². The van der Waals surface area contributed by atoms with Crippen molar-refractivity contribution in [1.82, 2.24) is 20.1 Å². The summed E-state index contributed by atoms with van der Waals surface area (Å²) in [6.45, 7) is 1.12. The van der Waals surface area contributed by atoms with Gasteiger partial charge in [0.25, 0.3) is 0 Å². The molecule has 0 unspecified atom stereocenters. The summed E-state index contributed by atoms with van der Waals surface area (Å²) in [7, 11) is 1.80. The van der Waals surface area contributed by atoms with E-state index >= 15 is 0 Å². The highest BCUT2D eigenvalue weighted by Crippen LogP contribution is 2.22. The van der Waals surface area contributed by atoms with E-state index in [0.29, 0.717) is 18.9 Å². The third kappa shape index (κ3) is 3.08. The fraction of sp³-hybridized carbons (Fsp3) is 0.333. The van der Waals surface area contributed by atoms with Gasteiger partial charge in [0, 0.05) is 25.0 Å². The van der Waals surface area contributed by atoms with Crippen LogP contribution in [0.25, 0.3) is 0 Å². The molecule has 0 radical (unpaired) electrons. The maximum absolute atomic E-state index is 10.5. The molecule has 0 aromatic carbocycles. The molecule has 0 saturated heterocycles. The molecule has 2 heterocycles. The quantitative estimate of drug-likeness (QED) is 0.636. The first-order chi connectivity index (χ1) is 8.15. The Hall–Kier alpha value is -1.80. The summed E-state index contributed by atoms with van der Waals surface area (Å²) in [5, 5.41) is 19.7. The number of aryl methyl sites for hydroxylation is 1. The molecule has 8 heteroatoms. The van der Waals surface area contributed by atoms with Crippen LogP contribution in [0.1, 0.15) is 11.4 Å². The number of nitrogens with one attached hydrogen (secondary N) is 1. The van der Waals surface area contributed by atoms with E-state index in [-0.39, 0.29) is 9.92 Å². The Morgan fingerprint density at radius 2 is 2.41 bits per heavy atom. The third-order valence-electron chi connectivity index (χ3n) is 2.08. The van der Waals surface area contributed by atoms with Crippen molar-refractivity contribution >= 4 is 16.3 Å². The van der Waals surface area contributed by atoms with E-state index in [9.17, 15) is 10.1 Å². The summed E-state index contributed by atoms with van der Waals surface area (Å²) >= 11 is 1.13. The molecule has 90 valence electrons. The van der Waals surface area contributed by atoms with Crippen molar-refractivity contribution in [3.63, 3.8) is 0 Å². The summed E-state index contributed by atoms with van der Waals surface area (Å²) in [4.78, 5) is 14.2. The van der Waals surface area contributed by atoms with Crippen LogP contribution >= 0.6 is 11.3 Å². The molecule has 0 bridgehead atoms. The highest BCUT2D eigenvalue weighted by molar-refractivity contribution is 7.13. The van der Waals surface area contributed by atoms with Gasteiger partial charge in [-0.25, -0.2) is 4.98 Å². The summed E-state index contributed by atoms with van der Waals surface area (Å²) < 4.78 is 1.63. The van der Waals surface area contributed by atoms with E-state index in [4.69, 9.17) is 0 Å². The molecule has 0 aliphatic rings. The van der Waals surface area contributed by atoms with Crippen LogP contribution in [0.4, 0.5) is 5.00 Å². The fourth-order valence-electron chi connectivity index (χ4n) is 1.33. The molecule has 0 spiro atoms. The molecule has 0 amide bonds. The number of rotatable bonds is 5. The SMILES string of the molecule is Cn1cnc(CNCc2csc([N+](=O)[O-])c2)n1. The molecule has 0 fully saturated rings. The lowest BCUT2D eigenvalue weighted by molar-refractivity contribution is -0.380. The minimum atomic E-state index is -0.380. The van der Waals surface area contributed by atoms with Crippen LogP contribution in [-0.4, -0.2) is 19.7 Å². The second kappa shape index (κ2) is 5.02. The van der Waals surface area contributed by atoms with Crippen LogP contribution in [0.3, 0.4) is 0 Å². The van der Waals surface area contributed by atoms with Gasteiger partial charge in [-0.1, -0.05) is 11.3 Å². The van der Waals surface area contributed by atoms with Gasteiger partial charge in [0.05, 0.1) is 11.5 Å². The first-order valence-electron chi connectivity index (χ1n) is 4.92. The summed E-state index contributed by atoms with van der Waals surface area (Å²) in [6, 6.07) is 1.57. The average molecular weight is 253 g/mol. The summed E-state index contributed by atoms with van der Waals surface area (Å²) in [5.74, 6) is 0.706. The molecule has 2 aromatic heterocycles. The van der Waals surface area contributed by atoms with E-state index in [2.05, 4.69) is 15.4 Å². The molecule has 7 nitrogen and oxygen atoms in total. The number of nitro groups is 1. The number of nitrogens with zero attached hydrogens (tertiary/aromatic N) is 4. The predicted octanol–water partition coefficient (Wildman–Crippen LogP) is 1.07. The molecule has 2 aromatic rings. The molecule has 2 rings (SSSR count). The van der Waals surface area contributed by atoms with E-state index in [1.807, 2.05) is 0 Å². The Morgan fingerprint density at radius 1 is 1.59 bits per heavy atom. The normalized spacial score (nSPS) is 10.6. The van der Waals surface area contributed by atoms with Crippen LogP contribution in [0.15, 0.2) is 17.8 Å². The van der Waals surface area contributed by atoms with Crippen LogP contribution in [0, 0.1) is 10.1 Å². The standard InChI is InChI=1S/C9H11N5O2S/c1-13-6-11-8(12-13)4-10-3-7-2-9(14(15)16)17-5-7/h2,5-6,10H,3-4H2,1H3. The lowest BCUT2D eigenvalue weighted by Gasteiger charge is -1.98. The number of thiophene rings is 1. The van der Waals surface area contributed by atoms with Crippen molar-refractivity contribution in [2.24, 2.45) is 7.05 Å². The minimum Gasteiger partial charge on any atom is -0.306 e. The van der Waals surface area contributed by atoms with Gasteiger partial charge in [-0.3, -0.25) is 14.8 Å². The Balaban J connectivity index is 1.83. The zero-order valence-electron chi connectivity index (χ0n) is 9.16. The van der Waals surface area contributed by atoms with Crippen molar-refractivity contribution < 1.29 is 4.92 Å². The van der Waals surface area contributed by atoms with Crippen LogP contribution in [0.2, 0.25) is 0 Å². The first-order valence-corrected chi connectivity index (χ1v) is 5.80. The minimum absolute atomic E-state index is 0.165. The average Bonchev–Trinajstić information content (AvgIpc) is 2.88. The Morgan fingerprint density at radius 3 is 3.00 bits per heavy atom. The molecule has 1 N–H and O–H groups in total. The Bertz CT molecular complexity index is 521. The maximum atomic E-state index is 10.5. The molecule has 0 aliphatic heterocycles. The lowest BCUT2D eigenvalue weighted by atomic mass is 10.3. The summed E-state index contributed by atoms with van der Waals surface area (Å²) in [5.41, 5.74) is 0.901. The smallest absolute Gasteiger partial charge is 0.306 e. The van der Waals surface area contributed by atoms with Gasteiger partial charge in [0.1, 0.15) is 6.33 Å². The Kier molecular flexibility index (Phi) is 3.45. The molecular weight excluding hydrogens is 242 g/mol. The van der Waals surface area contributed by atoms with E-state index in [0.717, 1.165) is 16.9 Å². The molecular formula is C9H11N5O2S. The zero-order chi connectivity index (χ0) is 12.3. The van der Waals surface area contributed by atoms with Crippen LogP contribution in [-0.2, 0) is 20.1 Å². The molecule has 17 heavy (non-hydrogen) atoms. The van der Waals surface area contributed by atoms with Crippen molar-refractivity contribution in [2.45, 2.75) is 13.1 Å².